The number of nitrogens with one attached hydrogen (secondary N) is 1. The molecule has 16 heavy (non-hydrogen) atoms. The number of allylic oxidation sites excluding steroid dienone is 1. The molecule has 1 N–H and O–H groups in total. The Labute approximate surface area is 97.4 Å². The Morgan fingerprint density at radius 2 is 2.19 bits per heavy atom. The highest BCUT2D eigenvalue weighted by molar-refractivity contribution is 5.16. The molecule has 88 valence electrons. The zero-order chi connectivity index (χ0) is 11.8. The van der Waals surface area contributed by atoms with Crippen LogP contribution in [-0.4, -0.2) is 6.04 Å². The average molecular weight is 221 g/mol. The van der Waals surface area contributed by atoms with Crippen molar-refractivity contribution in [2.45, 2.75) is 38.8 Å². The zero-order valence-electron chi connectivity index (χ0n) is 9.88. The molecule has 0 amide bonds. The van der Waals surface area contributed by atoms with Crippen LogP contribution < -0.4 is 5.32 Å². The summed E-state index contributed by atoms with van der Waals surface area (Å²) < 4.78 is 13.3. The van der Waals surface area contributed by atoms with E-state index in [1.54, 1.807) is 6.07 Å². The number of halogens is 1. The summed E-state index contributed by atoms with van der Waals surface area (Å²) >= 11 is 0. The Bertz CT molecular complexity index is 322. The Balaban J connectivity index is 2.28. The lowest BCUT2D eigenvalue weighted by Crippen LogP contribution is -2.25. The predicted molar refractivity (Wildman–Crippen MR) is 66.7 cm³/mol. The van der Waals surface area contributed by atoms with E-state index < -0.39 is 0 Å². The van der Waals surface area contributed by atoms with Gasteiger partial charge in [-0.1, -0.05) is 24.3 Å². The molecule has 0 fully saturated rings. The molecule has 2 heteroatoms. The summed E-state index contributed by atoms with van der Waals surface area (Å²) in [6.07, 6.45) is 5.21. The maximum absolute atomic E-state index is 13.3. The fraction of sp³-hybridized carbons (Fsp3) is 0.429. The van der Waals surface area contributed by atoms with E-state index in [9.17, 15) is 4.39 Å². The van der Waals surface area contributed by atoms with Crippen LogP contribution in [0.1, 0.15) is 31.7 Å². The van der Waals surface area contributed by atoms with Crippen molar-refractivity contribution in [2.75, 3.05) is 0 Å². The third kappa shape index (κ3) is 4.58. The monoisotopic (exact) mass is 221 g/mol. The van der Waals surface area contributed by atoms with E-state index in [4.69, 9.17) is 0 Å². The van der Waals surface area contributed by atoms with Gasteiger partial charge in [0.25, 0.3) is 0 Å². The molecule has 1 aromatic rings. The minimum Gasteiger partial charge on any atom is -0.310 e. The van der Waals surface area contributed by atoms with Gasteiger partial charge in [-0.05, 0) is 32.3 Å². The van der Waals surface area contributed by atoms with E-state index in [1.165, 1.54) is 6.07 Å². The predicted octanol–water partition coefficient (Wildman–Crippen LogP) is 3.66. The molecule has 0 heterocycles. The van der Waals surface area contributed by atoms with E-state index in [-0.39, 0.29) is 5.82 Å². The fourth-order valence-electron chi connectivity index (χ4n) is 1.60. The molecule has 0 radical (unpaired) electrons. The van der Waals surface area contributed by atoms with Crippen molar-refractivity contribution in [1.29, 1.82) is 0 Å². The third-order valence-corrected chi connectivity index (χ3v) is 2.64. The van der Waals surface area contributed by atoms with Crippen molar-refractivity contribution in [1.82, 2.24) is 5.32 Å². The smallest absolute Gasteiger partial charge is 0.127 e. The highest BCUT2D eigenvalue weighted by atomic mass is 19.1. The summed E-state index contributed by atoms with van der Waals surface area (Å²) in [5, 5.41) is 3.32. The normalized spacial score (nSPS) is 12.4. The zero-order valence-corrected chi connectivity index (χ0v) is 9.88. The molecule has 0 saturated carbocycles. The van der Waals surface area contributed by atoms with E-state index in [1.807, 2.05) is 18.2 Å². The third-order valence-electron chi connectivity index (χ3n) is 2.64. The Morgan fingerprint density at radius 3 is 2.88 bits per heavy atom. The number of unbranched alkanes of at least 4 members (excludes halogenated alkanes) is 1. The van der Waals surface area contributed by atoms with Crippen LogP contribution in [0.4, 0.5) is 4.39 Å². The largest absolute Gasteiger partial charge is 0.310 e. The summed E-state index contributed by atoms with van der Waals surface area (Å²) in [4.78, 5) is 0. The van der Waals surface area contributed by atoms with Crippen LogP contribution in [0, 0.1) is 5.82 Å². The van der Waals surface area contributed by atoms with E-state index in [2.05, 4.69) is 18.8 Å². The summed E-state index contributed by atoms with van der Waals surface area (Å²) in [5.41, 5.74) is 0.734. The summed E-state index contributed by atoms with van der Waals surface area (Å²) in [6, 6.07) is 7.31. The van der Waals surface area contributed by atoms with Crippen LogP contribution in [0.5, 0.6) is 0 Å². The van der Waals surface area contributed by atoms with Gasteiger partial charge in [0.1, 0.15) is 5.82 Å². The summed E-state index contributed by atoms with van der Waals surface area (Å²) in [7, 11) is 0. The topological polar surface area (TPSA) is 12.0 Å². The number of hydrogen-bond donors (Lipinski definition) is 1. The van der Waals surface area contributed by atoms with Gasteiger partial charge in [0, 0.05) is 18.2 Å². The number of benzene rings is 1. The molecular weight excluding hydrogens is 201 g/mol. The molecule has 0 aliphatic heterocycles. The molecular formula is C14H20FN. The van der Waals surface area contributed by atoms with Crippen LogP contribution in [-0.2, 0) is 6.54 Å². The quantitative estimate of drug-likeness (QED) is 0.547. The molecule has 0 spiro atoms. The van der Waals surface area contributed by atoms with Gasteiger partial charge in [-0.25, -0.2) is 4.39 Å². The second-order valence-electron chi connectivity index (χ2n) is 4.09. The van der Waals surface area contributed by atoms with Crippen LogP contribution in [0.25, 0.3) is 0 Å². The molecule has 0 aliphatic rings. The lowest BCUT2D eigenvalue weighted by Gasteiger charge is -2.13. The molecule has 0 bridgehead atoms. The molecule has 0 aromatic heterocycles. The van der Waals surface area contributed by atoms with Crippen molar-refractivity contribution in [3.8, 4) is 0 Å². The standard InChI is InChI=1S/C14H20FN/c1-3-4-5-8-12(2)16-11-13-9-6-7-10-14(13)15/h3,6-7,9-10,12,16H,1,4-5,8,11H2,2H3. The first kappa shape index (κ1) is 12.9. The average Bonchev–Trinajstić information content (AvgIpc) is 2.28. The van der Waals surface area contributed by atoms with Crippen molar-refractivity contribution in [3.63, 3.8) is 0 Å². The highest BCUT2D eigenvalue weighted by Crippen LogP contribution is 2.07. The Morgan fingerprint density at radius 1 is 1.44 bits per heavy atom. The first-order chi connectivity index (χ1) is 7.74. The Hall–Kier alpha value is -1.15. The Kier molecular flexibility index (Phi) is 5.79. The first-order valence-corrected chi connectivity index (χ1v) is 5.81. The second-order valence-corrected chi connectivity index (χ2v) is 4.09. The van der Waals surface area contributed by atoms with Gasteiger partial charge in [-0.2, -0.15) is 0 Å². The van der Waals surface area contributed by atoms with Gasteiger partial charge in [-0.3, -0.25) is 0 Å². The molecule has 1 unspecified atom stereocenters. The van der Waals surface area contributed by atoms with Crippen LogP contribution >= 0.6 is 0 Å². The van der Waals surface area contributed by atoms with E-state index in [0.717, 1.165) is 24.8 Å². The minimum atomic E-state index is -0.131. The van der Waals surface area contributed by atoms with Crippen molar-refractivity contribution >= 4 is 0 Å². The maximum Gasteiger partial charge on any atom is 0.127 e. The summed E-state index contributed by atoms with van der Waals surface area (Å²) in [6.45, 7) is 6.42. The van der Waals surface area contributed by atoms with Gasteiger partial charge in [0.05, 0.1) is 0 Å². The van der Waals surface area contributed by atoms with Gasteiger partial charge in [0.15, 0.2) is 0 Å². The number of hydrogen-bond acceptors (Lipinski definition) is 1. The van der Waals surface area contributed by atoms with E-state index in [0.29, 0.717) is 12.6 Å². The second kappa shape index (κ2) is 7.18. The lowest BCUT2D eigenvalue weighted by atomic mass is 10.1. The van der Waals surface area contributed by atoms with Crippen molar-refractivity contribution < 1.29 is 4.39 Å². The minimum absolute atomic E-state index is 0.131. The van der Waals surface area contributed by atoms with Crippen molar-refractivity contribution in [2.24, 2.45) is 0 Å². The molecule has 0 saturated heterocycles. The molecule has 1 rings (SSSR count). The van der Waals surface area contributed by atoms with Gasteiger partial charge >= 0.3 is 0 Å². The fourth-order valence-corrected chi connectivity index (χ4v) is 1.60. The van der Waals surface area contributed by atoms with Gasteiger partial charge in [-0.15, -0.1) is 6.58 Å². The van der Waals surface area contributed by atoms with Gasteiger partial charge < -0.3 is 5.32 Å². The van der Waals surface area contributed by atoms with Gasteiger partial charge in [0.2, 0.25) is 0 Å². The highest BCUT2D eigenvalue weighted by Gasteiger charge is 2.03. The maximum atomic E-state index is 13.3. The number of rotatable bonds is 7. The SMILES string of the molecule is C=CCCCC(C)NCc1ccccc1F. The van der Waals surface area contributed by atoms with E-state index >= 15 is 0 Å². The summed E-state index contributed by atoms with van der Waals surface area (Å²) in [5.74, 6) is -0.131. The van der Waals surface area contributed by atoms with Crippen LogP contribution in [0.3, 0.4) is 0 Å². The van der Waals surface area contributed by atoms with Crippen LogP contribution in [0.15, 0.2) is 36.9 Å². The molecule has 0 aliphatic carbocycles. The molecule has 1 nitrogen and oxygen atoms in total. The molecule has 1 aromatic carbocycles. The lowest BCUT2D eigenvalue weighted by molar-refractivity contribution is 0.489. The van der Waals surface area contributed by atoms with Crippen LogP contribution in [0.2, 0.25) is 0 Å². The first-order valence-electron chi connectivity index (χ1n) is 5.81. The van der Waals surface area contributed by atoms with Crippen molar-refractivity contribution in [3.05, 3.63) is 48.3 Å². The molecule has 1 atom stereocenters.